The molecule has 6 heteroatoms. The van der Waals surface area contributed by atoms with E-state index in [1.54, 1.807) is 0 Å². The van der Waals surface area contributed by atoms with Crippen LogP contribution in [-0.2, 0) is 6.54 Å². The molecule has 1 aliphatic rings. The van der Waals surface area contributed by atoms with E-state index in [1.807, 2.05) is 48.5 Å². The topological polar surface area (TPSA) is 30.0 Å². The SMILES string of the molecule is OC(CN1CCN(CCCC(c2ccc(F)cc2)c2ccc(F)cc2)CC1)CN(Cc1ccccc1)c1ccccc1. The predicted molar refractivity (Wildman–Crippen MR) is 167 cm³/mol. The first-order chi connectivity index (χ1) is 20.5. The first kappa shape index (κ1) is 29.9. The highest BCUT2D eigenvalue weighted by Gasteiger charge is 2.22. The van der Waals surface area contributed by atoms with Crippen molar-refractivity contribution in [3.8, 4) is 0 Å². The molecule has 220 valence electrons. The Morgan fingerprint density at radius 3 is 1.76 bits per heavy atom. The van der Waals surface area contributed by atoms with Gasteiger partial charge in [0.05, 0.1) is 6.10 Å². The van der Waals surface area contributed by atoms with Crippen LogP contribution in [0.5, 0.6) is 0 Å². The van der Waals surface area contributed by atoms with Gasteiger partial charge in [-0.05, 0) is 72.5 Å². The van der Waals surface area contributed by atoms with Crippen molar-refractivity contribution in [2.45, 2.75) is 31.4 Å². The van der Waals surface area contributed by atoms with Crippen LogP contribution in [-0.4, -0.2) is 66.8 Å². The molecule has 42 heavy (non-hydrogen) atoms. The van der Waals surface area contributed by atoms with E-state index in [1.165, 1.54) is 29.8 Å². The zero-order valence-electron chi connectivity index (χ0n) is 24.2. The van der Waals surface area contributed by atoms with Crippen molar-refractivity contribution in [3.05, 3.63) is 138 Å². The molecule has 4 aromatic carbocycles. The molecule has 1 heterocycles. The van der Waals surface area contributed by atoms with E-state index in [0.717, 1.165) is 68.9 Å². The number of β-amino-alcohol motifs (C(OH)–C–C–N with tert-alkyl or cyclic N) is 1. The monoisotopic (exact) mass is 569 g/mol. The average molecular weight is 570 g/mol. The minimum absolute atomic E-state index is 0.103. The summed E-state index contributed by atoms with van der Waals surface area (Å²) in [5.74, 6) is -0.391. The molecule has 1 saturated heterocycles. The number of anilines is 1. The number of aliphatic hydroxyl groups excluding tert-OH is 1. The van der Waals surface area contributed by atoms with Crippen LogP contribution in [0.25, 0.3) is 0 Å². The van der Waals surface area contributed by atoms with E-state index < -0.39 is 6.10 Å². The fourth-order valence-electron chi connectivity index (χ4n) is 5.94. The molecule has 0 saturated carbocycles. The summed E-state index contributed by atoms with van der Waals surface area (Å²) in [5.41, 5.74) is 4.45. The van der Waals surface area contributed by atoms with E-state index in [9.17, 15) is 13.9 Å². The average Bonchev–Trinajstić information content (AvgIpc) is 3.02. The lowest BCUT2D eigenvalue weighted by molar-refractivity contribution is 0.0747. The molecule has 0 aliphatic carbocycles. The Hall–Kier alpha value is -3.58. The molecule has 4 aromatic rings. The summed E-state index contributed by atoms with van der Waals surface area (Å²) < 4.78 is 27.1. The highest BCUT2D eigenvalue weighted by Crippen LogP contribution is 2.30. The van der Waals surface area contributed by atoms with Gasteiger partial charge in [0.2, 0.25) is 0 Å². The lowest BCUT2D eigenvalue weighted by atomic mass is 9.87. The molecule has 0 bridgehead atoms. The Balaban J connectivity index is 1.09. The highest BCUT2D eigenvalue weighted by atomic mass is 19.1. The summed E-state index contributed by atoms with van der Waals surface area (Å²) in [4.78, 5) is 7.11. The van der Waals surface area contributed by atoms with Crippen LogP contribution in [0.15, 0.2) is 109 Å². The molecule has 1 fully saturated rings. The Labute approximate surface area is 248 Å². The number of nitrogens with zero attached hydrogens (tertiary/aromatic N) is 3. The van der Waals surface area contributed by atoms with Crippen LogP contribution in [0.2, 0.25) is 0 Å². The van der Waals surface area contributed by atoms with Crippen LogP contribution in [0.3, 0.4) is 0 Å². The van der Waals surface area contributed by atoms with Gasteiger partial charge in [0.25, 0.3) is 0 Å². The second-order valence-corrected chi connectivity index (χ2v) is 11.3. The van der Waals surface area contributed by atoms with E-state index in [0.29, 0.717) is 13.1 Å². The van der Waals surface area contributed by atoms with Gasteiger partial charge in [-0.1, -0.05) is 72.8 Å². The third-order valence-corrected chi connectivity index (χ3v) is 8.21. The van der Waals surface area contributed by atoms with E-state index >= 15 is 0 Å². The van der Waals surface area contributed by atoms with Crippen LogP contribution < -0.4 is 4.90 Å². The molecule has 0 spiro atoms. The van der Waals surface area contributed by atoms with Gasteiger partial charge in [-0.15, -0.1) is 0 Å². The smallest absolute Gasteiger partial charge is 0.123 e. The molecule has 1 aliphatic heterocycles. The van der Waals surface area contributed by atoms with Crippen LogP contribution in [0, 0.1) is 11.6 Å². The van der Waals surface area contributed by atoms with Gasteiger partial charge >= 0.3 is 0 Å². The summed E-state index contributed by atoms with van der Waals surface area (Å²) in [6, 6.07) is 34.1. The molecular formula is C36H41F2N3O. The van der Waals surface area contributed by atoms with Gasteiger partial charge in [0.1, 0.15) is 11.6 Å². The molecular weight excluding hydrogens is 528 g/mol. The van der Waals surface area contributed by atoms with Gasteiger partial charge in [0, 0.05) is 57.4 Å². The van der Waals surface area contributed by atoms with E-state index in [2.05, 4.69) is 51.1 Å². The van der Waals surface area contributed by atoms with Crippen LogP contribution in [0.4, 0.5) is 14.5 Å². The number of rotatable bonds is 13. The summed E-state index contributed by atoms with van der Waals surface area (Å²) in [6.45, 7) is 6.77. The van der Waals surface area contributed by atoms with Crippen molar-refractivity contribution in [2.75, 3.05) is 50.7 Å². The maximum absolute atomic E-state index is 13.6. The minimum Gasteiger partial charge on any atom is -0.390 e. The Kier molecular flexibility index (Phi) is 10.7. The summed E-state index contributed by atoms with van der Waals surface area (Å²) in [5, 5.41) is 11.1. The van der Waals surface area contributed by atoms with Crippen molar-refractivity contribution in [2.24, 2.45) is 0 Å². The fraction of sp³-hybridized carbons (Fsp3) is 0.333. The van der Waals surface area contributed by atoms with Crippen molar-refractivity contribution in [1.29, 1.82) is 0 Å². The Morgan fingerprint density at radius 2 is 1.19 bits per heavy atom. The quantitative estimate of drug-likeness (QED) is 0.198. The molecule has 4 nitrogen and oxygen atoms in total. The minimum atomic E-state index is -0.451. The molecule has 0 radical (unpaired) electrons. The van der Waals surface area contributed by atoms with Crippen LogP contribution >= 0.6 is 0 Å². The summed E-state index contributed by atoms with van der Waals surface area (Å²) in [7, 11) is 0. The molecule has 0 aromatic heterocycles. The highest BCUT2D eigenvalue weighted by molar-refractivity contribution is 5.47. The molecule has 1 N–H and O–H groups in total. The number of piperazine rings is 1. The standard InChI is InChI=1S/C36H41F2N3O/c37-32-17-13-30(14-18-32)36(31-15-19-33(38)20-16-31)12-7-21-39-22-24-40(25-23-39)27-35(42)28-41(34-10-5-2-6-11-34)26-29-8-3-1-4-9-29/h1-6,8-11,13-20,35-36,42H,7,12,21-28H2. The van der Waals surface area contributed by atoms with Crippen molar-refractivity contribution in [3.63, 3.8) is 0 Å². The van der Waals surface area contributed by atoms with Gasteiger partial charge in [-0.2, -0.15) is 0 Å². The number of hydrogen-bond acceptors (Lipinski definition) is 4. The second kappa shape index (κ2) is 15.1. The second-order valence-electron chi connectivity index (χ2n) is 11.3. The third kappa shape index (κ3) is 8.71. The lowest BCUT2D eigenvalue weighted by Gasteiger charge is -2.37. The van der Waals surface area contributed by atoms with Crippen molar-refractivity contribution >= 4 is 5.69 Å². The molecule has 0 amide bonds. The largest absolute Gasteiger partial charge is 0.390 e. The maximum atomic E-state index is 13.6. The number of para-hydroxylation sites is 1. The first-order valence-corrected chi connectivity index (χ1v) is 15.0. The van der Waals surface area contributed by atoms with Crippen LogP contribution in [0.1, 0.15) is 35.4 Å². The van der Waals surface area contributed by atoms with E-state index in [-0.39, 0.29) is 17.6 Å². The molecule has 1 unspecified atom stereocenters. The predicted octanol–water partition coefficient (Wildman–Crippen LogP) is 6.56. The zero-order chi connectivity index (χ0) is 29.1. The Bertz CT molecular complexity index is 1280. The molecule has 5 rings (SSSR count). The van der Waals surface area contributed by atoms with Gasteiger partial charge < -0.3 is 14.9 Å². The summed E-state index contributed by atoms with van der Waals surface area (Å²) in [6.07, 6.45) is 1.45. The van der Waals surface area contributed by atoms with E-state index in [4.69, 9.17) is 0 Å². The first-order valence-electron chi connectivity index (χ1n) is 15.0. The lowest BCUT2D eigenvalue weighted by Crippen LogP contribution is -2.50. The van der Waals surface area contributed by atoms with Gasteiger partial charge in [0.15, 0.2) is 0 Å². The number of halogens is 2. The normalized spacial score (nSPS) is 15.1. The zero-order valence-corrected chi connectivity index (χ0v) is 24.2. The van der Waals surface area contributed by atoms with Gasteiger partial charge in [-0.25, -0.2) is 8.78 Å². The maximum Gasteiger partial charge on any atom is 0.123 e. The number of benzene rings is 4. The van der Waals surface area contributed by atoms with Gasteiger partial charge in [-0.3, -0.25) is 4.90 Å². The van der Waals surface area contributed by atoms with Crippen molar-refractivity contribution < 1.29 is 13.9 Å². The fourth-order valence-corrected chi connectivity index (χ4v) is 5.94. The Morgan fingerprint density at radius 1 is 0.667 bits per heavy atom. The summed E-state index contributed by atoms with van der Waals surface area (Å²) >= 11 is 0. The number of aliphatic hydroxyl groups is 1. The van der Waals surface area contributed by atoms with Crippen molar-refractivity contribution in [1.82, 2.24) is 9.80 Å². The molecule has 1 atom stereocenters. The third-order valence-electron chi connectivity index (χ3n) is 8.21. The number of hydrogen-bond donors (Lipinski definition) is 1.